The highest BCUT2D eigenvalue weighted by Crippen LogP contribution is 2.40. The number of likely N-dealkylation sites (tertiary alicyclic amines) is 2. The minimum atomic E-state index is -5.08. The summed E-state index contributed by atoms with van der Waals surface area (Å²) < 4.78 is 63.5. The first-order valence-corrected chi connectivity index (χ1v) is 10.2. The lowest BCUT2D eigenvalue weighted by Gasteiger charge is -2.48. The maximum absolute atomic E-state index is 12.4. The second-order valence-electron chi connectivity index (χ2n) is 7.93. The van der Waals surface area contributed by atoms with Crippen molar-refractivity contribution in [3.8, 4) is 0 Å². The molecule has 1 aromatic heterocycles. The highest BCUT2D eigenvalue weighted by molar-refractivity contribution is 5.94. The average Bonchev–Trinajstić information content (AvgIpc) is 3.16. The molecule has 196 valence electrons. The van der Waals surface area contributed by atoms with Crippen LogP contribution in [0.1, 0.15) is 29.4 Å². The smallest absolute Gasteiger partial charge is 0.475 e. The molecule has 0 aliphatic carbocycles. The number of pyridine rings is 1. The largest absolute Gasteiger partial charge is 0.490 e. The molecule has 0 bridgehead atoms. The van der Waals surface area contributed by atoms with Crippen molar-refractivity contribution in [2.24, 2.45) is 5.41 Å². The maximum atomic E-state index is 12.4. The number of carbonyl (C=O) groups is 3. The molecule has 2 aliphatic rings. The van der Waals surface area contributed by atoms with E-state index in [2.05, 4.69) is 23.4 Å². The van der Waals surface area contributed by atoms with Crippen molar-refractivity contribution in [1.82, 2.24) is 14.8 Å². The van der Waals surface area contributed by atoms with E-state index in [9.17, 15) is 31.1 Å². The van der Waals surface area contributed by atoms with Crippen LogP contribution in [0.4, 0.5) is 26.3 Å². The fourth-order valence-corrected chi connectivity index (χ4v) is 3.47. The molecule has 1 aromatic rings. The number of hydrogen-bond donors (Lipinski definition) is 2. The van der Waals surface area contributed by atoms with Crippen LogP contribution in [0.15, 0.2) is 31.0 Å². The molecule has 0 aromatic carbocycles. The molecular weight excluding hydrogens is 488 g/mol. The number of carboxylic acids is 2. The van der Waals surface area contributed by atoms with Gasteiger partial charge in [0.15, 0.2) is 0 Å². The van der Waals surface area contributed by atoms with Crippen LogP contribution in [0.2, 0.25) is 0 Å². The zero-order chi connectivity index (χ0) is 27.0. The van der Waals surface area contributed by atoms with Crippen LogP contribution in [0, 0.1) is 5.41 Å². The molecule has 14 heteroatoms. The normalized spacial score (nSPS) is 16.8. The number of carbonyl (C=O) groups excluding carboxylic acids is 1. The Hall–Kier alpha value is -3.16. The number of hydrogen-bond acceptors (Lipinski definition) is 5. The van der Waals surface area contributed by atoms with Gasteiger partial charge in [0.25, 0.3) is 5.91 Å². The van der Waals surface area contributed by atoms with E-state index in [-0.39, 0.29) is 5.91 Å². The molecule has 35 heavy (non-hydrogen) atoms. The van der Waals surface area contributed by atoms with Gasteiger partial charge in [-0.1, -0.05) is 13.0 Å². The van der Waals surface area contributed by atoms with E-state index in [1.807, 2.05) is 23.1 Å². The first-order valence-electron chi connectivity index (χ1n) is 10.2. The summed E-state index contributed by atoms with van der Waals surface area (Å²) in [5, 5.41) is 14.2. The molecule has 3 heterocycles. The molecule has 0 atom stereocenters. The number of amides is 1. The number of aryl methyl sites for hydroxylation is 1. The van der Waals surface area contributed by atoms with Crippen LogP contribution in [0.3, 0.4) is 0 Å². The summed E-state index contributed by atoms with van der Waals surface area (Å²) in [6, 6.07) is 3.85. The van der Waals surface area contributed by atoms with Gasteiger partial charge in [-0.25, -0.2) is 9.59 Å². The molecule has 2 aliphatic heterocycles. The Morgan fingerprint density at radius 1 is 1.06 bits per heavy atom. The van der Waals surface area contributed by atoms with E-state index in [4.69, 9.17) is 19.8 Å². The first kappa shape index (κ1) is 29.9. The lowest BCUT2D eigenvalue weighted by atomic mass is 9.79. The predicted molar refractivity (Wildman–Crippen MR) is 111 cm³/mol. The number of halogens is 6. The molecule has 1 amide bonds. The molecule has 0 saturated carbocycles. The van der Waals surface area contributed by atoms with Crippen LogP contribution in [-0.2, 0) is 16.0 Å². The topological polar surface area (TPSA) is 111 Å². The number of aliphatic carboxylic acids is 2. The molecule has 1 spiro atoms. The molecular formula is C21H25F6N3O5. The summed E-state index contributed by atoms with van der Waals surface area (Å²) in [4.78, 5) is 38.9. The van der Waals surface area contributed by atoms with Gasteiger partial charge >= 0.3 is 24.3 Å². The van der Waals surface area contributed by atoms with Crippen LogP contribution in [-0.4, -0.2) is 87.9 Å². The summed E-state index contributed by atoms with van der Waals surface area (Å²) >= 11 is 0. The van der Waals surface area contributed by atoms with Gasteiger partial charge in [0.05, 0.1) is 5.56 Å². The number of rotatable bonds is 4. The Labute approximate surface area is 196 Å². The Balaban J connectivity index is 0.000000362. The van der Waals surface area contributed by atoms with Gasteiger partial charge in [0.2, 0.25) is 0 Å². The van der Waals surface area contributed by atoms with E-state index in [0.29, 0.717) is 11.0 Å². The van der Waals surface area contributed by atoms with Crippen molar-refractivity contribution in [1.29, 1.82) is 0 Å². The van der Waals surface area contributed by atoms with Crippen molar-refractivity contribution in [2.45, 2.75) is 32.1 Å². The molecule has 2 saturated heterocycles. The Morgan fingerprint density at radius 2 is 1.57 bits per heavy atom. The summed E-state index contributed by atoms with van der Waals surface area (Å²) in [7, 11) is 0. The van der Waals surface area contributed by atoms with Crippen molar-refractivity contribution >= 4 is 17.8 Å². The van der Waals surface area contributed by atoms with Gasteiger partial charge in [-0.2, -0.15) is 26.3 Å². The minimum absolute atomic E-state index is 0.123. The van der Waals surface area contributed by atoms with E-state index in [1.165, 1.54) is 6.42 Å². The number of alkyl halides is 6. The molecule has 3 rings (SSSR count). The lowest BCUT2D eigenvalue weighted by Crippen LogP contribution is -2.59. The number of carboxylic acid groups (broad SMARTS) is 2. The SMILES string of the molecule is C=CCN1CCC2(C1)CN(C(=O)c1ccc(CC)nc1)C2.O=C(O)C(F)(F)F.O=C(O)C(F)(F)F. The Bertz CT molecular complexity index is 872. The minimum Gasteiger partial charge on any atom is -0.475 e. The summed E-state index contributed by atoms with van der Waals surface area (Å²) in [6.45, 7) is 10.8. The van der Waals surface area contributed by atoms with E-state index < -0.39 is 24.3 Å². The summed E-state index contributed by atoms with van der Waals surface area (Å²) in [5.41, 5.74) is 2.07. The number of nitrogens with zero attached hydrogens (tertiary/aromatic N) is 3. The monoisotopic (exact) mass is 513 g/mol. The van der Waals surface area contributed by atoms with Crippen LogP contribution >= 0.6 is 0 Å². The zero-order valence-corrected chi connectivity index (χ0v) is 18.7. The van der Waals surface area contributed by atoms with E-state index in [1.54, 1.807) is 6.20 Å². The van der Waals surface area contributed by atoms with E-state index >= 15 is 0 Å². The van der Waals surface area contributed by atoms with Crippen molar-refractivity contribution in [3.63, 3.8) is 0 Å². The molecule has 8 nitrogen and oxygen atoms in total. The highest BCUT2D eigenvalue weighted by atomic mass is 19.4. The fraction of sp³-hybridized carbons (Fsp3) is 0.524. The van der Waals surface area contributed by atoms with Crippen molar-refractivity contribution in [3.05, 3.63) is 42.2 Å². The van der Waals surface area contributed by atoms with Crippen molar-refractivity contribution < 1.29 is 50.9 Å². The van der Waals surface area contributed by atoms with Gasteiger partial charge in [0.1, 0.15) is 0 Å². The third kappa shape index (κ3) is 9.19. The van der Waals surface area contributed by atoms with Crippen molar-refractivity contribution in [2.75, 3.05) is 32.7 Å². The second-order valence-corrected chi connectivity index (χ2v) is 7.93. The predicted octanol–water partition coefficient (Wildman–Crippen LogP) is 3.24. The van der Waals surface area contributed by atoms with Gasteiger partial charge in [0, 0.05) is 43.5 Å². The van der Waals surface area contributed by atoms with Gasteiger partial charge in [-0.05, 0) is 31.5 Å². The number of aromatic nitrogens is 1. The second kappa shape index (κ2) is 12.0. The Morgan fingerprint density at radius 3 is 1.94 bits per heavy atom. The summed E-state index contributed by atoms with van der Waals surface area (Å²) in [5.74, 6) is -5.39. The standard InChI is InChI=1S/C17H23N3O.2C2HF3O2/c1-3-8-19-9-7-17(11-19)12-20(13-17)16(21)14-5-6-15(4-2)18-10-14;2*3-2(4,5)1(6)7/h3,5-6,10H,1,4,7-9,11-13H2,2H3;2*(H,6,7). The fourth-order valence-electron chi connectivity index (χ4n) is 3.47. The average molecular weight is 513 g/mol. The van der Waals surface area contributed by atoms with E-state index in [0.717, 1.165) is 44.8 Å². The van der Waals surface area contributed by atoms with Gasteiger partial charge in [-0.15, -0.1) is 6.58 Å². The molecule has 0 radical (unpaired) electrons. The molecule has 0 unspecified atom stereocenters. The van der Waals surface area contributed by atoms with Crippen LogP contribution < -0.4 is 0 Å². The Kier molecular flexibility index (Phi) is 10.2. The third-order valence-electron chi connectivity index (χ3n) is 5.16. The molecule has 2 fully saturated rings. The van der Waals surface area contributed by atoms with Crippen LogP contribution in [0.25, 0.3) is 0 Å². The quantitative estimate of drug-likeness (QED) is 0.470. The first-order chi connectivity index (χ1) is 16.0. The van der Waals surface area contributed by atoms with Gasteiger partial charge in [-0.3, -0.25) is 14.7 Å². The zero-order valence-electron chi connectivity index (χ0n) is 18.7. The van der Waals surface area contributed by atoms with Crippen LogP contribution in [0.5, 0.6) is 0 Å². The van der Waals surface area contributed by atoms with Gasteiger partial charge < -0.3 is 15.1 Å². The third-order valence-corrected chi connectivity index (χ3v) is 5.16. The summed E-state index contributed by atoms with van der Waals surface area (Å²) in [6.07, 6.45) is -4.40. The highest BCUT2D eigenvalue weighted by Gasteiger charge is 2.49. The molecule has 2 N–H and O–H groups in total. The lowest BCUT2D eigenvalue weighted by molar-refractivity contribution is -0.193. The maximum Gasteiger partial charge on any atom is 0.490 e.